The summed E-state index contributed by atoms with van der Waals surface area (Å²) in [6.07, 6.45) is 0.115. The third-order valence-corrected chi connectivity index (χ3v) is 5.17. The summed E-state index contributed by atoms with van der Waals surface area (Å²) in [5, 5.41) is 15.6. The van der Waals surface area contributed by atoms with Gasteiger partial charge in [-0.1, -0.05) is 6.07 Å². The number of rotatable bonds is 2. The fourth-order valence-corrected chi connectivity index (χ4v) is 3.71. The summed E-state index contributed by atoms with van der Waals surface area (Å²) >= 11 is 0. The Balaban J connectivity index is 1.54. The van der Waals surface area contributed by atoms with E-state index in [0.29, 0.717) is 6.54 Å². The van der Waals surface area contributed by atoms with Crippen LogP contribution in [0.2, 0.25) is 0 Å². The van der Waals surface area contributed by atoms with Gasteiger partial charge in [-0.2, -0.15) is 5.10 Å². The number of anilines is 1. The summed E-state index contributed by atoms with van der Waals surface area (Å²) in [4.78, 5) is 26.4. The molecule has 27 heavy (non-hydrogen) atoms. The van der Waals surface area contributed by atoms with E-state index in [4.69, 9.17) is 0 Å². The molecule has 0 atom stereocenters. The van der Waals surface area contributed by atoms with Gasteiger partial charge in [-0.15, -0.1) is 0 Å². The molecular weight excluding hydrogens is 358 g/mol. The van der Waals surface area contributed by atoms with Crippen molar-refractivity contribution in [2.75, 3.05) is 11.9 Å². The van der Waals surface area contributed by atoms with Crippen LogP contribution < -0.4 is 5.32 Å². The van der Waals surface area contributed by atoms with Crippen molar-refractivity contribution in [1.29, 1.82) is 0 Å². The van der Waals surface area contributed by atoms with Crippen molar-refractivity contribution in [3.05, 3.63) is 41.2 Å². The van der Waals surface area contributed by atoms with E-state index in [1.54, 1.807) is 18.2 Å². The van der Waals surface area contributed by atoms with Crippen LogP contribution in [-0.4, -0.2) is 38.1 Å². The van der Waals surface area contributed by atoms with Crippen LogP contribution in [0.15, 0.2) is 24.4 Å². The van der Waals surface area contributed by atoms with Crippen LogP contribution in [0.5, 0.6) is 5.75 Å². The zero-order valence-electron chi connectivity index (χ0n) is 14.6. The fraction of sp³-hybridized carbons (Fsp3) is 0.389. The van der Waals surface area contributed by atoms with Gasteiger partial charge in [-0.25, -0.2) is 8.78 Å². The van der Waals surface area contributed by atoms with Crippen molar-refractivity contribution in [3.8, 4) is 5.75 Å². The SMILES string of the molecule is Cn1cc(NC(=O)C(=O)N2Cc3ccc(O)cc3C3(CC3)C2)c(C(F)F)n1. The van der Waals surface area contributed by atoms with Crippen LogP contribution in [0.1, 0.15) is 36.1 Å². The number of hydrogen-bond acceptors (Lipinski definition) is 4. The Morgan fingerprint density at radius 3 is 2.74 bits per heavy atom. The van der Waals surface area contributed by atoms with Gasteiger partial charge < -0.3 is 15.3 Å². The molecule has 2 N–H and O–H groups in total. The molecule has 1 aliphatic carbocycles. The number of aromatic nitrogens is 2. The van der Waals surface area contributed by atoms with Gasteiger partial charge in [0.25, 0.3) is 6.43 Å². The maximum Gasteiger partial charge on any atom is 0.314 e. The highest BCUT2D eigenvalue weighted by atomic mass is 19.3. The van der Waals surface area contributed by atoms with Crippen molar-refractivity contribution in [3.63, 3.8) is 0 Å². The van der Waals surface area contributed by atoms with E-state index in [1.165, 1.54) is 18.1 Å². The zero-order valence-corrected chi connectivity index (χ0v) is 14.6. The van der Waals surface area contributed by atoms with Crippen LogP contribution in [0.3, 0.4) is 0 Å². The van der Waals surface area contributed by atoms with Crippen molar-refractivity contribution in [2.24, 2.45) is 7.05 Å². The average Bonchev–Trinajstić information content (AvgIpc) is 3.28. The number of fused-ring (bicyclic) bond motifs is 2. The van der Waals surface area contributed by atoms with Crippen molar-refractivity contribution in [1.82, 2.24) is 14.7 Å². The lowest BCUT2D eigenvalue weighted by Crippen LogP contribution is -2.46. The minimum absolute atomic E-state index is 0.172. The highest BCUT2D eigenvalue weighted by Gasteiger charge is 2.50. The highest BCUT2D eigenvalue weighted by Crippen LogP contribution is 2.53. The minimum Gasteiger partial charge on any atom is -0.508 e. The number of hydrogen-bond donors (Lipinski definition) is 2. The van der Waals surface area contributed by atoms with Crippen molar-refractivity contribution >= 4 is 17.5 Å². The molecule has 0 unspecified atom stereocenters. The summed E-state index contributed by atoms with van der Waals surface area (Å²) in [7, 11) is 1.46. The molecule has 0 saturated heterocycles. The number of benzene rings is 1. The van der Waals surface area contributed by atoms with Gasteiger partial charge in [0.05, 0.1) is 5.69 Å². The summed E-state index contributed by atoms with van der Waals surface area (Å²) in [6, 6.07) is 5.01. The van der Waals surface area contributed by atoms with E-state index < -0.39 is 23.9 Å². The Morgan fingerprint density at radius 1 is 1.33 bits per heavy atom. The molecule has 2 aliphatic rings. The number of nitrogens with one attached hydrogen (secondary N) is 1. The van der Waals surface area contributed by atoms with Gasteiger partial charge >= 0.3 is 11.8 Å². The predicted octanol–water partition coefficient (Wildman–Crippen LogP) is 2.08. The average molecular weight is 376 g/mol. The van der Waals surface area contributed by atoms with Gasteiger partial charge in [0.1, 0.15) is 5.75 Å². The first-order valence-corrected chi connectivity index (χ1v) is 8.53. The summed E-state index contributed by atoms with van der Waals surface area (Å²) < 4.78 is 27.2. The van der Waals surface area contributed by atoms with Crippen LogP contribution in [0, 0.1) is 0 Å². The normalized spacial score (nSPS) is 17.1. The second-order valence-corrected chi connectivity index (χ2v) is 7.14. The van der Waals surface area contributed by atoms with Crippen LogP contribution in [0.25, 0.3) is 0 Å². The van der Waals surface area contributed by atoms with Gasteiger partial charge in [-0.3, -0.25) is 14.3 Å². The number of phenolic OH excluding ortho intramolecular Hbond substituents is 1. The Bertz CT molecular complexity index is 937. The third-order valence-electron chi connectivity index (χ3n) is 5.17. The predicted molar refractivity (Wildman–Crippen MR) is 91.2 cm³/mol. The van der Waals surface area contributed by atoms with Crippen molar-refractivity contribution in [2.45, 2.75) is 31.2 Å². The number of aryl methyl sites for hydroxylation is 1. The smallest absolute Gasteiger partial charge is 0.314 e. The Morgan fingerprint density at radius 2 is 2.07 bits per heavy atom. The standard InChI is InChI=1S/C18H18F2N4O3/c1-23-8-13(14(22-23)15(19)20)21-16(26)17(27)24-7-10-2-3-11(25)6-12(10)18(9-24)4-5-18/h2-3,6,8,15,25H,4-5,7,9H2,1H3,(H,21,26). The second-order valence-electron chi connectivity index (χ2n) is 7.14. The molecule has 7 nitrogen and oxygen atoms in total. The first-order chi connectivity index (χ1) is 12.8. The van der Waals surface area contributed by atoms with E-state index >= 15 is 0 Å². The number of alkyl halides is 2. The zero-order chi connectivity index (χ0) is 19.3. The number of carbonyl (C=O) groups is 2. The first-order valence-electron chi connectivity index (χ1n) is 8.53. The van der Waals surface area contributed by atoms with Gasteiger partial charge in [0.2, 0.25) is 0 Å². The largest absolute Gasteiger partial charge is 0.508 e. The van der Waals surface area contributed by atoms with Crippen LogP contribution in [0.4, 0.5) is 14.5 Å². The molecule has 1 aliphatic heterocycles. The fourth-order valence-electron chi connectivity index (χ4n) is 3.71. The van der Waals surface area contributed by atoms with E-state index in [-0.39, 0.29) is 23.4 Å². The number of phenols is 1. The quantitative estimate of drug-likeness (QED) is 0.786. The Kier molecular flexibility index (Phi) is 3.90. The topological polar surface area (TPSA) is 87.5 Å². The molecule has 1 aromatic carbocycles. The lowest BCUT2D eigenvalue weighted by atomic mass is 9.86. The maximum absolute atomic E-state index is 13.0. The molecule has 2 heterocycles. The molecule has 1 fully saturated rings. The molecule has 2 amide bonds. The van der Waals surface area contributed by atoms with Crippen molar-refractivity contribution < 1.29 is 23.5 Å². The van der Waals surface area contributed by atoms with E-state index in [2.05, 4.69) is 10.4 Å². The number of carbonyl (C=O) groups excluding carboxylic acids is 2. The summed E-state index contributed by atoms with van der Waals surface area (Å²) in [5.41, 5.74) is 0.919. The molecule has 2 aromatic rings. The van der Waals surface area contributed by atoms with Gasteiger partial charge in [-0.05, 0) is 36.1 Å². The molecule has 0 radical (unpaired) electrons. The van der Waals surface area contributed by atoms with E-state index in [9.17, 15) is 23.5 Å². The summed E-state index contributed by atoms with van der Waals surface area (Å²) in [5.74, 6) is -1.57. The monoisotopic (exact) mass is 376 g/mol. The molecule has 9 heteroatoms. The number of halogens is 2. The van der Waals surface area contributed by atoms with E-state index in [0.717, 1.165) is 28.7 Å². The number of aromatic hydroxyl groups is 1. The van der Waals surface area contributed by atoms with Gasteiger partial charge in [0.15, 0.2) is 5.69 Å². The lowest BCUT2D eigenvalue weighted by molar-refractivity contribution is -0.144. The lowest BCUT2D eigenvalue weighted by Gasteiger charge is -2.34. The molecule has 1 saturated carbocycles. The Hall–Kier alpha value is -2.97. The molecule has 142 valence electrons. The van der Waals surface area contributed by atoms with Gasteiger partial charge in [0, 0.05) is 31.7 Å². The summed E-state index contributed by atoms with van der Waals surface area (Å²) in [6.45, 7) is 0.600. The third kappa shape index (κ3) is 3.02. The second kappa shape index (κ2) is 6.04. The molecular formula is C18H18F2N4O3. The minimum atomic E-state index is -2.86. The van der Waals surface area contributed by atoms with Crippen LogP contribution >= 0.6 is 0 Å². The van der Waals surface area contributed by atoms with Crippen LogP contribution in [-0.2, 0) is 28.6 Å². The number of nitrogens with zero attached hydrogens (tertiary/aromatic N) is 3. The highest BCUT2D eigenvalue weighted by molar-refractivity contribution is 6.39. The van der Waals surface area contributed by atoms with E-state index in [1.807, 2.05) is 0 Å². The molecule has 1 spiro atoms. The maximum atomic E-state index is 13.0. The molecule has 4 rings (SSSR count). The number of amides is 2. The Labute approximate surface area is 153 Å². The first kappa shape index (κ1) is 17.4. The molecule has 1 aromatic heterocycles. The molecule has 0 bridgehead atoms.